The Bertz CT molecular complexity index is 971. The van der Waals surface area contributed by atoms with Crippen molar-refractivity contribution in [3.63, 3.8) is 0 Å². The van der Waals surface area contributed by atoms with Gasteiger partial charge in [0, 0.05) is 17.5 Å². The van der Waals surface area contributed by atoms with Gasteiger partial charge in [-0.2, -0.15) is 13.2 Å². The van der Waals surface area contributed by atoms with E-state index in [4.69, 9.17) is 9.47 Å². The lowest BCUT2D eigenvalue weighted by Gasteiger charge is -2.17. The monoisotopic (exact) mass is 403 g/mol. The SMILES string of the molecule is CC1(C)Cc2cccc(OCC#CCNC(=O)c3cccc(C(F)(F)F)c3)c2O1. The van der Waals surface area contributed by atoms with Crippen LogP contribution in [0.2, 0.25) is 0 Å². The van der Waals surface area contributed by atoms with Crippen molar-refractivity contribution in [3.05, 3.63) is 59.2 Å². The first kappa shape index (κ1) is 20.6. The molecule has 29 heavy (non-hydrogen) atoms. The van der Waals surface area contributed by atoms with Crippen molar-refractivity contribution < 1.29 is 27.4 Å². The summed E-state index contributed by atoms with van der Waals surface area (Å²) in [5.74, 6) is 6.18. The molecule has 0 atom stereocenters. The molecule has 0 bridgehead atoms. The number of alkyl halides is 3. The van der Waals surface area contributed by atoms with Crippen LogP contribution in [-0.4, -0.2) is 24.7 Å². The molecule has 0 fully saturated rings. The lowest BCUT2D eigenvalue weighted by Crippen LogP contribution is -2.24. The maximum Gasteiger partial charge on any atom is 0.416 e. The van der Waals surface area contributed by atoms with Crippen molar-refractivity contribution >= 4 is 5.91 Å². The van der Waals surface area contributed by atoms with Crippen LogP contribution in [0, 0.1) is 11.8 Å². The molecule has 2 aromatic rings. The van der Waals surface area contributed by atoms with E-state index in [0.29, 0.717) is 5.75 Å². The number of hydrogen-bond acceptors (Lipinski definition) is 3. The minimum atomic E-state index is -4.50. The smallest absolute Gasteiger partial charge is 0.416 e. The van der Waals surface area contributed by atoms with Crippen LogP contribution in [0.25, 0.3) is 0 Å². The van der Waals surface area contributed by atoms with Gasteiger partial charge in [0.15, 0.2) is 11.5 Å². The number of benzene rings is 2. The molecular weight excluding hydrogens is 383 g/mol. The molecule has 4 nitrogen and oxygen atoms in total. The van der Waals surface area contributed by atoms with Crippen LogP contribution in [0.5, 0.6) is 11.5 Å². The fourth-order valence-corrected chi connectivity index (χ4v) is 2.99. The fourth-order valence-electron chi connectivity index (χ4n) is 2.99. The second-order valence-corrected chi connectivity index (χ2v) is 7.19. The Hall–Kier alpha value is -3.14. The van der Waals surface area contributed by atoms with E-state index in [1.54, 1.807) is 6.07 Å². The van der Waals surface area contributed by atoms with Crippen molar-refractivity contribution in [2.75, 3.05) is 13.2 Å². The van der Waals surface area contributed by atoms with E-state index >= 15 is 0 Å². The Morgan fingerprint density at radius 3 is 2.72 bits per heavy atom. The van der Waals surface area contributed by atoms with Gasteiger partial charge in [0.1, 0.15) is 12.2 Å². The van der Waals surface area contributed by atoms with Gasteiger partial charge in [-0.1, -0.05) is 30.0 Å². The molecule has 1 aliphatic rings. The first-order valence-corrected chi connectivity index (χ1v) is 9.01. The van der Waals surface area contributed by atoms with E-state index in [1.165, 1.54) is 12.1 Å². The molecule has 1 heterocycles. The number of nitrogens with one attached hydrogen (secondary N) is 1. The molecule has 1 aliphatic heterocycles. The van der Waals surface area contributed by atoms with Crippen LogP contribution in [-0.2, 0) is 12.6 Å². The maximum absolute atomic E-state index is 12.7. The highest BCUT2D eigenvalue weighted by Gasteiger charge is 2.32. The van der Waals surface area contributed by atoms with E-state index in [1.807, 2.05) is 26.0 Å². The minimum absolute atomic E-state index is 0.00509. The molecule has 0 aromatic heterocycles. The van der Waals surface area contributed by atoms with Crippen molar-refractivity contribution in [3.8, 4) is 23.3 Å². The average molecular weight is 403 g/mol. The molecule has 0 saturated heterocycles. The zero-order valence-electron chi connectivity index (χ0n) is 16.0. The normalized spacial score (nSPS) is 14.2. The molecule has 152 valence electrons. The number of carbonyl (C=O) groups excluding carboxylic acids is 1. The van der Waals surface area contributed by atoms with Crippen molar-refractivity contribution in [1.29, 1.82) is 0 Å². The Balaban J connectivity index is 1.50. The van der Waals surface area contributed by atoms with Crippen LogP contribution in [0.4, 0.5) is 13.2 Å². The van der Waals surface area contributed by atoms with E-state index < -0.39 is 17.6 Å². The predicted octanol–water partition coefficient (Wildman–Crippen LogP) is 4.23. The summed E-state index contributed by atoms with van der Waals surface area (Å²) in [4.78, 5) is 12.0. The Labute approximate surface area is 167 Å². The van der Waals surface area contributed by atoms with Crippen LogP contribution < -0.4 is 14.8 Å². The Morgan fingerprint density at radius 2 is 1.97 bits per heavy atom. The van der Waals surface area contributed by atoms with Gasteiger partial charge in [-0.25, -0.2) is 0 Å². The third-order valence-corrected chi connectivity index (χ3v) is 4.27. The number of halogens is 3. The summed E-state index contributed by atoms with van der Waals surface area (Å²) in [6.45, 7) is 4.10. The maximum atomic E-state index is 12.7. The molecule has 1 amide bonds. The molecule has 0 saturated carbocycles. The van der Waals surface area contributed by atoms with E-state index in [2.05, 4.69) is 17.2 Å². The number of hydrogen-bond donors (Lipinski definition) is 1. The van der Waals surface area contributed by atoms with Crippen molar-refractivity contribution in [2.24, 2.45) is 0 Å². The van der Waals surface area contributed by atoms with Gasteiger partial charge < -0.3 is 14.8 Å². The summed E-state index contributed by atoms with van der Waals surface area (Å²) in [5, 5.41) is 2.47. The van der Waals surface area contributed by atoms with Crippen molar-refractivity contribution in [1.82, 2.24) is 5.32 Å². The summed E-state index contributed by atoms with van der Waals surface area (Å²) in [6, 6.07) is 9.92. The fraction of sp³-hybridized carbons (Fsp3) is 0.318. The van der Waals surface area contributed by atoms with Gasteiger partial charge in [-0.3, -0.25) is 4.79 Å². The summed E-state index contributed by atoms with van der Waals surface area (Å²) in [6.07, 6.45) is -3.70. The molecule has 1 N–H and O–H groups in total. The quantitative estimate of drug-likeness (QED) is 0.778. The van der Waals surface area contributed by atoms with Gasteiger partial charge in [-0.05, 0) is 38.1 Å². The van der Waals surface area contributed by atoms with Gasteiger partial charge >= 0.3 is 6.18 Å². The summed E-state index contributed by atoms with van der Waals surface area (Å²) >= 11 is 0. The van der Waals surface area contributed by atoms with E-state index in [9.17, 15) is 18.0 Å². The zero-order chi connectivity index (χ0) is 21.1. The average Bonchev–Trinajstić information content (AvgIpc) is 2.98. The minimum Gasteiger partial charge on any atom is -0.483 e. The highest BCUT2D eigenvalue weighted by atomic mass is 19.4. The second kappa shape index (κ2) is 8.08. The summed E-state index contributed by atoms with van der Waals surface area (Å²) < 4.78 is 49.7. The van der Waals surface area contributed by atoms with Gasteiger partial charge in [0.2, 0.25) is 0 Å². The highest BCUT2D eigenvalue weighted by Crippen LogP contribution is 2.41. The van der Waals surface area contributed by atoms with E-state index in [-0.39, 0.29) is 24.3 Å². The molecule has 7 heteroatoms. The zero-order valence-corrected chi connectivity index (χ0v) is 16.0. The molecule has 2 aromatic carbocycles. The first-order valence-electron chi connectivity index (χ1n) is 9.01. The number of fused-ring (bicyclic) bond motifs is 1. The lowest BCUT2D eigenvalue weighted by atomic mass is 10.0. The third kappa shape index (κ3) is 5.23. The topological polar surface area (TPSA) is 47.6 Å². The largest absolute Gasteiger partial charge is 0.483 e. The Kier molecular flexibility index (Phi) is 5.73. The summed E-state index contributed by atoms with van der Waals surface area (Å²) in [7, 11) is 0. The summed E-state index contributed by atoms with van der Waals surface area (Å²) in [5.41, 5.74) is -0.141. The number of rotatable bonds is 4. The van der Waals surface area contributed by atoms with E-state index in [0.717, 1.165) is 29.9 Å². The van der Waals surface area contributed by atoms with Crippen LogP contribution in [0.3, 0.4) is 0 Å². The van der Waals surface area contributed by atoms with Gasteiger partial charge in [0.05, 0.1) is 12.1 Å². The Morgan fingerprint density at radius 1 is 1.21 bits per heavy atom. The molecule has 0 spiro atoms. The molecule has 0 radical (unpaired) electrons. The molecule has 0 unspecified atom stereocenters. The molecular formula is C22H20F3NO3. The third-order valence-electron chi connectivity index (χ3n) is 4.27. The lowest BCUT2D eigenvalue weighted by molar-refractivity contribution is -0.137. The van der Waals surface area contributed by atoms with Crippen molar-refractivity contribution in [2.45, 2.75) is 32.0 Å². The standard InChI is InChI=1S/C22H20F3NO3/c1-21(2)14-16-8-6-10-18(19(16)29-21)28-12-4-3-11-26-20(27)15-7-5-9-17(13-15)22(23,24)25/h5-10,13H,11-12,14H2,1-2H3,(H,26,27). The molecule has 0 aliphatic carbocycles. The number of amides is 1. The van der Waals surface area contributed by atoms with Gasteiger partial charge in [0.25, 0.3) is 5.91 Å². The second-order valence-electron chi connectivity index (χ2n) is 7.19. The van der Waals surface area contributed by atoms with Crippen LogP contribution in [0.1, 0.15) is 35.3 Å². The predicted molar refractivity (Wildman–Crippen MR) is 102 cm³/mol. The number of carbonyl (C=O) groups is 1. The molecule has 3 rings (SSSR count). The van der Waals surface area contributed by atoms with Gasteiger partial charge in [-0.15, -0.1) is 0 Å². The number of para-hydroxylation sites is 1. The van der Waals surface area contributed by atoms with Crippen LogP contribution in [0.15, 0.2) is 42.5 Å². The number of ether oxygens (including phenoxy) is 2. The van der Waals surface area contributed by atoms with Crippen LogP contribution >= 0.6 is 0 Å². The first-order chi connectivity index (χ1) is 13.7. The highest BCUT2D eigenvalue weighted by molar-refractivity contribution is 5.94.